The van der Waals surface area contributed by atoms with Crippen LogP contribution in [0.4, 0.5) is 0 Å². The number of carbonyl (C=O) groups is 2. The molecule has 0 spiro atoms. The molecular weight excluding hydrogens is 473 g/mol. The molecule has 3 aliphatic rings. The van der Waals surface area contributed by atoms with E-state index in [1.807, 2.05) is 4.90 Å². The number of hydrogen-bond donors (Lipinski definition) is 2. The third kappa shape index (κ3) is 7.06. The van der Waals surface area contributed by atoms with Crippen molar-refractivity contribution in [3.8, 4) is 0 Å². The van der Waals surface area contributed by atoms with E-state index in [0.717, 1.165) is 38.8 Å². The minimum absolute atomic E-state index is 0. The lowest BCUT2D eigenvalue weighted by molar-refractivity contribution is -0.128. The highest BCUT2D eigenvalue weighted by Gasteiger charge is 2.39. The standard InChI is InChI=1S/C19H33N5O3.HI/c1-23(2)18(26)12-22-19(21-11-16-5-3-4-8-27-16)20-10-14-9-17(25)24(13-14)15-6-7-15;/h14-16H,3-13H2,1-2H3,(H2,20,21,22);1H. The minimum Gasteiger partial charge on any atom is -0.376 e. The summed E-state index contributed by atoms with van der Waals surface area (Å²) in [5.41, 5.74) is 0. The fourth-order valence-corrected chi connectivity index (χ4v) is 3.57. The van der Waals surface area contributed by atoms with Crippen LogP contribution in [0.1, 0.15) is 38.5 Å². The predicted octanol–water partition coefficient (Wildman–Crippen LogP) is 0.808. The number of nitrogens with one attached hydrogen (secondary N) is 2. The Balaban J connectivity index is 0.00000280. The van der Waals surface area contributed by atoms with E-state index in [1.165, 1.54) is 11.3 Å². The maximum absolute atomic E-state index is 12.1. The molecule has 28 heavy (non-hydrogen) atoms. The van der Waals surface area contributed by atoms with Gasteiger partial charge in [-0.1, -0.05) is 0 Å². The van der Waals surface area contributed by atoms with Crippen molar-refractivity contribution in [2.45, 2.75) is 50.7 Å². The number of nitrogens with zero attached hydrogens (tertiary/aromatic N) is 3. The SMILES string of the molecule is CN(C)C(=O)CN=C(NCC1CC(=O)N(C2CC2)C1)NCC1CCCCO1.I. The molecule has 0 radical (unpaired) electrons. The second kappa shape index (κ2) is 11.2. The molecule has 2 heterocycles. The van der Waals surface area contributed by atoms with Crippen LogP contribution in [0.5, 0.6) is 0 Å². The Labute approximate surface area is 184 Å². The van der Waals surface area contributed by atoms with E-state index >= 15 is 0 Å². The molecule has 2 amide bonds. The molecule has 1 saturated carbocycles. The molecule has 3 fully saturated rings. The zero-order valence-electron chi connectivity index (χ0n) is 17.0. The third-order valence-electron chi connectivity index (χ3n) is 5.43. The fraction of sp³-hybridized carbons (Fsp3) is 0.842. The molecule has 2 unspecified atom stereocenters. The van der Waals surface area contributed by atoms with Crippen molar-refractivity contribution in [2.24, 2.45) is 10.9 Å². The maximum Gasteiger partial charge on any atom is 0.243 e. The third-order valence-corrected chi connectivity index (χ3v) is 5.43. The zero-order valence-corrected chi connectivity index (χ0v) is 19.3. The van der Waals surface area contributed by atoms with Gasteiger partial charge in [0.15, 0.2) is 5.96 Å². The van der Waals surface area contributed by atoms with Crippen LogP contribution in [0.25, 0.3) is 0 Å². The van der Waals surface area contributed by atoms with Crippen LogP contribution in [0.2, 0.25) is 0 Å². The van der Waals surface area contributed by atoms with Crippen LogP contribution in [0.3, 0.4) is 0 Å². The van der Waals surface area contributed by atoms with E-state index in [1.54, 1.807) is 14.1 Å². The Hall–Kier alpha value is -1.10. The predicted molar refractivity (Wildman–Crippen MR) is 119 cm³/mol. The van der Waals surface area contributed by atoms with Gasteiger partial charge in [-0.05, 0) is 32.1 Å². The van der Waals surface area contributed by atoms with E-state index in [9.17, 15) is 9.59 Å². The summed E-state index contributed by atoms with van der Waals surface area (Å²) < 4.78 is 5.76. The van der Waals surface area contributed by atoms with Crippen LogP contribution >= 0.6 is 24.0 Å². The van der Waals surface area contributed by atoms with Crippen LogP contribution in [0.15, 0.2) is 4.99 Å². The number of guanidine groups is 1. The Morgan fingerprint density at radius 2 is 1.96 bits per heavy atom. The van der Waals surface area contributed by atoms with Gasteiger partial charge in [-0.25, -0.2) is 4.99 Å². The summed E-state index contributed by atoms with van der Waals surface area (Å²) in [5.74, 6) is 1.15. The van der Waals surface area contributed by atoms with Crippen molar-refractivity contribution in [3.05, 3.63) is 0 Å². The van der Waals surface area contributed by atoms with Gasteiger partial charge in [0.25, 0.3) is 0 Å². The number of ether oxygens (including phenoxy) is 1. The second-order valence-electron chi connectivity index (χ2n) is 8.05. The monoisotopic (exact) mass is 507 g/mol. The van der Waals surface area contributed by atoms with Gasteiger partial charge in [-0.3, -0.25) is 9.59 Å². The van der Waals surface area contributed by atoms with Crippen LogP contribution < -0.4 is 10.6 Å². The second-order valence-corrected chi connectivity index (χ2v) is 8.05. The lowest BCUT2D eigenvalue weighted by Gasteiger charge is -2.24. The van der Waals surface area contributed by atoms with E-state index in [0.29, 0.717) is 37.4 Å². The van der Waals surface area contributed by atoms with E-state index in [2.05, 4.69) is 15.6 Å². The Kier molecular flexibility index (Phi) is 9.26. The fourth-order valence-electron chi connectivity index (χ4n) is 3.57. The number of amides is 2. The summed E-state index contributed by atoms with van der Waals surface area (Å²) in [6.45, 7) is 3.10. The van der Waals surface area contributed by atoms with Crippen molar-refractivity contribution in [2.75, 3.05) is 46.9 Å². The molecule has 0 aromatic carbocycles. The summed E-state index contributed by atoms with van der Waals surface area (Å²) in [6.07, 6.45) is 6.44. The largest absolute Gasteiger partial charge is 0.376 e. The highest BCUT2D eigenvalue weighted by Crippen LogP contribution is 2.32. The van der Waals surface area contributed by atoms with Gasteiger partial charge in [0, 0.05) is 58.7 Å². The van der Waals surface area contributed by atoms with E-state index in [-0.39, 0.29) is 48.4 Å². The minimum atomic E-state index is -0.0408. The summed E-state index contributed by atoms with van der Waals surface area (Å²) in [7, 11) is 3.45. The highest BCUT2D eigenvalue weighted by molar-refractivity contribution is 14.0. The molecule has 3 rings (SSSR count). The number of likely N-dealkylation sites (N-methyl/N-ethyl adjacent to an activating group) is 1. The molecular formula is C19H34IN5O3. The van der Waals surface area contributed by atoms with Crippen LogP contribution in [0, 0.1) is 5.92 Å². The van der Waals surface area contributed by atoms with Crippen molar-refractivity contribution in [1.82, 2.24) is 20.4 Å². The number of rotatable bonds is 7. The molecule has 8 nitrogen and oxygen atoms in total. The lowest BCUT2D eigenvalue weighted by atomic mass is 10.1. The Morgan fingerprint density at radius 1 is 1.21 bits per heavy atom. The van der Waals surface area contributed by atoms with Crippen molar-refractivity contribution >= 4 is 41.8 Å². The topological polar surface area (TPSA) is 86.3 Å². The zero-order chi connectivity index (χ0) is 19.2. The first-order chi connectivity index (χ1) is 13.0. The molecule has 1 aliphatic carbocycles. The van der Waals surface area contributed by atoms with Crippen LogP contribution in [-0.4, -0.2) is 86.6 Å². The summed E-state index contributed by atoms with van der Waals surface area (Å²) in [6, 6.07) is 0.481. The van der Waals surface area contributed by atoms with Gasteiger partial charge in [0.05, 0.1) is 6.10 Å². The quantitative estimate of drug-likeness (QED) is 0.303. The van der Waals surface area contributed by atoms with Gasteiger partial charge in [0.1, 0.15) is 6.54 Å². The first kappa shape index (κ1) is 23.2. The summed E-state index contributed by atoms with van der Waals surface area (Å²) in [4.78, 5) is 32.0. The normalized spacial score (nSPS) is 25.3. The molecule has 2 saturated heterocycles. The molecule has 160 valence electrons. The van der Waals surface area contributed by atoms with Crippen LogP contribution in [-0.2, 0) is 14.3 Å². The highest BCUT2D eigenvalue weighted by atomic mass is 127. The molecule has 9 heteroatoms. The van der Waals surface area contributed by atoms with Gasteiger partial charge < -0.3 is 25.2 Å². The average molecular weight is 507 g/mol. The first-order valence-electron chi connectivity index (χ1n) is 10.2. The van der Waals surface area contributed by atoms with Gasteiger partial charge >= 0.3 is 0 Å². The first-order valence-corrected chi connectivity index (χ1v) is 10.2. The number of likely N-dealkylation sites (tertiary alicyclic amines) is 1. The van der Waals surface area contributed by atoms with Crippen molar-refractivity contribution in [3.63, 3.8) is 0 Å². The molecule has 0 aromatic heterocycles. The molecule has 2 N–H and O–H groups in total. The molecule has 2 atom stereocenters. The summed E-state index contributed by atoms with van der Waals surface area (Å²) >= 11 is 0. The maximum atomic E-state index is 12.1. The number of halogens is 1. The van der Waals surface area contributed by atoms with Crippen molar-refractivity contribution in [1.29, 1.82) is 0 Å². The van der Waals surface area contributed by atoms with Gasteiger partial charge in [0.2, 0.25) is 11.8 Å². The number of aliphatic imine (C=N–C) groups is 1. The molecule has 2 aliphatic heterocycles. The number of hydrogen-bond acceptors (Lipinski definition) is 4. The Bertz CT molecular complexity index is 562. The van der Waals surface area contributed by atoms with Gasteiger partial charge in [-0.15, -0.1) is 24.0 Å². The average Bonchev–Trinajstić information content (AvgIpc) is 3.44. The molecule has 0 bridgehead atoms. The number of carbonyl (C=O) groups excluding carboxylic acids is 2. The molecule has 0 aromatic rings. The summed E-state index contributed by atoms with van der Waals surface area (Å²) in [5, 5.41) is 6.64. The Morgan fingerprint density at radius 3 is 2.61 bits per heavy atom. The lowest BCUT2D eigenvalue weighted by Crippen LogP contribution is -2.44. The smallest absolute Gasteiger partial charge is 0.243 e. The van der Waals surface area contributed by atoms with E-state index < -0.39 is 0 Å². The van der Waals surface area contributed by atoms with E-state index in [4.69, 9.17) is 4.74 Å². The van der Waals surface area contributed by atoms with Gasteiger partial charge in [-0.2, -0.15) is 0 Å². The van der Waals surface area contributed by atoms with Crippen molar-refractivity contribution < 1.29 is 14.3 Å².